The molecular formula is C16H15O3-. The SMILES string of the molecule is COc1ccc2cccc3c2c1CCC3CC(=O)[O-]. The smallest absolute Gasteiger partial charge is 0.122 e. The molecule has 0 aromatic heterocycles. The minimum atomic E-state index is -0.978. The Morgan fingerprint density at radius 2 is 2.21 bits per heavy atom. The van der Waals surface area contributed by atoms with Crippen LogP contribution in [0.15, 0.2) is 30.3 Å². The number of hydrogen-bond donors (Lipinski definition) is 0. The van der Waals surface area contributed by atoms with E-state index < -0.39 is 5.97 Å². The number of carboxylic acids is 1. The third-order valence-electron chi connectivity index (χ3n) is 3.96. The molecule has 1 unspecified atom stereocenters. The fourth-order valence-electron chi connectivity index (χ4n) is 3.13. The van der Waals surface area contributed by atoms with Crippen LogP contribution in [0.25, 0.3) is 10.8 Å². The van der Waals surface area contributed by atoms with E-state index in [1.165, 1.54) is 10.9 Å². The molecule has 98 valence electrons. The molecule has 0 saturated carbocycles. The highest BCUT2D eigenvalue weighted by Gasteiger charge is 2.23. The summed E-state index contributed by atoms with van der Waals surface area (Å²) in [5.41, 5.74) is 2.31. The Hall–Kier alpha value is -2.03. The summed E-state index contributed by atoms with van der Waals surface area (Å²) in [6, 6.07) is 10.1. The van der Waals surface area contributed by atoms with Crippen LogP contribution >= 0.6 is 0 Å². The average Bonchev–Trinajstić information content (AvgIpc) is 2.41. The van der Waals surface area contributed by atoms with Crippen molar-refractivity contribution in [2.24, 2.45) is 0 Å². The van der Waals surface area contributed by atoms with Gasteiger partial charge in [-0.25, -0.2) is 0 Å². The normalized spacial score (nSPS) is 17.4. The predicted molar refractivity (Wildman–Crippen MR) is 71.2 cm³/mol. The zero-order valence-corrected chi connectivity index (χ0v) is 10.8. The van der Waals surface area contributed by atoms with Crippen LogP contribution in [0.3, 0.4) is 0 Å². The molecule has 0 bridgehead atoms. The van der Waals surface area contributed by atoms with Crippen molar-refractivity contribution in [3.05, 3.63) is 41.5 Å². The Kier molecular flexibility index (Phi) is 2.90. The van der Waals surface area contributed by atoms with E-state index in [2.05, 4.69) is 6.07 Å². The number of carbonyl (C=O) groups excluding carboxylic acids is 1. The van der Waals surface area contributed by atoms with Gasteiger partial charge in [0.15, 0.2) is 0 Å². The first-order chi connectivity index (χ1) is 9.20. The number of methoxy groups -OCH3 is 1. The van der Waals surface area contributed by atoms with Gasteiger partial charge in [-0.1, -0.05) is 24.3 Å². The molecule has 0 heterocycles. The molecule has 0 saturated heterocycles. The van der Waals surface area contributed by atoms with Crippen LogP contribution in [-0.4, -0.2) is 13.1 Å². The van der Waals surface area contributed by atoms with Gasteiger partial charge in [0.1, 0.15) is 5.75 Å². The standard InChI is InChI=1S/C16H16O3/c1-19-14-8-6-10-3-2-4-12-11(9-15(17)18)5-7-13(14)16(10)12/h2-4,6,8,11H,5,7,9H2,1H3,(H,17,18)/p-1. The molecule has 2 aromatic carbocycles. The lowest BCUT2D eigenvalue weighted by atomic mass is 9.79. The summed E-state index contributed by atoms with van der Waals surface area (Å²) in [6.07, 6.45) is 1.78. The monoisotopic (exact) mass is 255 g/mol. The van der Waals surface area contributed by atoms with Crippen molar-refractivity contribution >= 4 is 16.7 Å². The second-order valence-corrected chi connectivity index (χ2v) is 5.00. The fourth-order valence-corrected chi connectivity index (χ4v) is 3.13. The lowest BCUT2D eigenvalue weighted by Crippen LogP contribution is -2.25. The lowest BCUT2D eigenvalue weighted by Gasteiger charge is -2.27. The quantitative estimate of drug-likeness (QED) is 0.843. The van der Waals surface area contributed by atoms with Gasteiger partial charge in [0.2, 0.25) is 0 Å². The van der Waals surface area contributed by atoms with Gasteiger partial charge in [0, 0.05) is 11.5 Å². The first-order valence-electron chi connectivity index (χ1n) is 6.49. The first kappa shape index (κ1) is 12.0. The van der Waals surface area contributed by atoms with Crippen LogP contribution in [0.2, 0.25) is 0 Å². The number of carboxylic acid groups (broad SMARTS) is 1. The molecule has 0 aliphatic heterocycles. The minimum absolute atomic E-state index is 0.0494. The van der Waals surface area contributed by atoms with Crippen molar-refractivity contribution < 1.29 is 14.6 Å². The summed E-state index contributed by atoms with van der Waals surface area (Å²) in [4.78, 5) is 10.9. The zero-order valence-electron chi connectivity index (χ0n) is 10.8. The summed E-state index contributed by atoms with van der Waals surface area (Å²) in [5, 5.41) is 13.2. The van der Waals surface area contributed by atoms with E-state index in [4.69, 9.17) is 4.74 Å². The van der Waals surface area contributed by atoms with Crippen LogP contribution < -0.4 is 9.84 Å². The Labute approximate surface area is 111 Å². The number of rotatable bonds is 3. The number of benzene rings is 2. The topological polar surface area (TPSA) is 49.4 Å². The first-order valence-corrected chi connectivity index (χ1v) is 6.49. The molecule has 2 aromatic rings. The van der Waals surface area contributed by atoms with Crippen molar-refractivity contribution in [1.29, 1.82) is 0 Å². The van der Waals surface area contributed by atoms with Gasteiger partial charge in [-0.05, 0) is 47.6 Å². The Bertz CT molecular complexity index is 646. The van der Waals surface area contributed by atoms with Crippen molar-refractivity contribution in [2.45, 2.75) is 25.2 Å². The van der Waals surface area contributed by atoms with Crippen molar-refractivity contribution in [1.82, 2.24) is 0 Å². The summed E-state index contributed by atoms with van der Waals surface area (Å²) < 4.78 is 5.42. The molecule has 19 heavy (non-hydrogen) atoms. The Balaban J connectivity index is 2.22. The maximum absolute atomic E-state index is 10.9. The largest absolute Gasteiger partial charge is 0.550 e. The highest BCUT2D eigenvalue weighted by Crippen LogP contribution is 2.41. The maximum Gasteiger partial charge on any atom is 0.122 e. The molecule has 0 amide bonds. The lowest BCUT2D eigenvalue weighted by molar-refractivity contribution is -0.306. The van der Waals surface area contributed by atoms with Gasteiger partial charge in [-0.3, -0.25) is 0 Å². The molecule has 1 aliphatic carbocycles. The van der Waals surface area contributed by atoms with Gasteiger partial charge >= 0.3 is 0 Å². The van der Waals surface area contributed by atoms with Gasteiger partial charge in [-0.15, -0.1) is 0 Å². The number of hydrogen-bond acceptors (Lipinski definition) is 3. The van der Waals surface area contributed by atoms with E-state index >= 15 is 0 Å². The third-order valence-corrected chi connectivity index (χ3v) is 3.96. The summed E-state index contributed by atoms with van der Waals surface area (Å²) >= 11 is 0. The molecule has 0 N–H and O–H groups in total. The maximum atomic E-state index is 10.9. The van der Waals surface area contributed by atoms with E-state index in [1.54, 1.807) is 7.11 Å². The van der Waals surface area contributed by atoms with Gasteiger partial charge in [0.25, 0.3) is 0 Å². The Morgan fingerprint density at radius 1 is 1.37 bits per heavy atom. The van der Waals surface area contributed by atoms with E-state index in [0.29, 0.717) is 0 Å². The molecule has 3 nitrogen and oxygen atoms in total. The number of aryl methyl sites for hydroxylation is 1. The van der Waals surface area contributed by atoms with E-state index in [-0.39, 0.29) is 12.3 Å². The molecule has 0 radical (unpaired) electrons. The molecule has 1 atom stereocenters. The zero-order chi connectivity index (χ0) is 13.4. The summed E-state index contributed by atoms with van der Waals surface area (Å²) in [6.45, 7) is 0. The van der Waals surface area contributed by atoms with Crippen LogP contribution in [0.1, 0.15) is 29.9 Å². The highest BCUT2D eigenvalue weighted by molar-refractivity contribution is 5.92. The number of aliphatic carboxylic acids is 1. The number of ether oxygens (including phenoxy) is 1. The second-order valence-electron chi connectivity index (χ2n) is 5.00. The molecule has 0 spiro atoms. The van der Waals surface area contributed by atoms with Crippen LogP contribution in [0.5, 0.6) is 5.75 Å². The average molecular weight is 255 g/mol. The van der Waals surface area contributed by atoms with Gasteiger partial charge < -0.3 is 14.6 Å². The van der Waals surface area contributed by atoms with E-state index in [1.807, 2.05) is 24.3 Å². The molecule has 1 aliphatic rings. The van der Waals surface area contributed by atoms with Gasteiger partial charge in [0.05, 0.1) is 7.11 Å². The van der Waals surface area contributed by atoms with Crippen molar-refractivity contribution in [3.63, 3.8) is 0 Å². The Morgan fingerprint density at radius 3 is 2.95 bits per heavy atom. The highest BCUT2D eigenvalue weighted by atomic mass is 16.5. The third kappa shape index (κ3) is 1.95. The van der Waals surface area contributed by atoms with E-state index in [0.717, 1.165) is 29.5 Å². The minimum Gasteiger partial charge on any atom is -0.550 e. The number of carbonyl (C=O) groups is 1. The van der Waals surface area contributed by atoms with Crippen molar-refractivity contribution in [2.75, 3.05) is 7.11 Å². The van der Waals surface area contributed by atoms with Crippen LogP contribution in [-0.2, 0) is 11.2 Å². The summed E-state index contributed by atoms with van der Waals surface area (Å²) in [7, 11) is 1.67. The fraction of sp³-hybridized carbons (Fsp3) is 0.312. The second kappa shape index (κ2) is 4.57. The van der Waals surface area contributed by atoms with E-state index in [9.17, 15) is 9.90 Å². The molecule has 3 heteroatoms. The summed E-state index contributed by atoms with van der Waals surface area (Å²) in [5.74, 6) is -0.0338. The van der Waals surface area contributed by atoms with Crippen molar-refractivity contribution in [3.8, 4) is 5.75 Å². The van der Waals surface area contributed by atoms with Crippen LogP contribution in [0.4, 0.5) is 0 Å². The van der Waals surface area contributed by atoms with Gasteiger partial charge in [-0.2, -0.15) is 0 Å². The van der Waals surface area contributed by atoms with Crippen LogP contribution in [0, 0.1) is 0 Å². The molecule has 0 fully saturated rings. The molecular weight excluding hydrogens is 240 g/mol. The predicted octanol–water partition coefficient (Wildman–Crippen LogP) is 2.02. The molecule has 3 rings (SSSR count).